The minimum absolute atomic E-state index is 0.145. The molecule has 0 radical (unpaired) electrons. The van der Waals surface area contributed by atoms with E-state index in [1.54, 1.807) is 18.2 Å². The quantitative estimate of drug-likeness (QED) is 0.781. The van der Waals surface area contributed by atoms with Crippen LogP contribution >= 0.6 is 15.9 Å². The topological polar surface area (TPSA) is 20.3 Å². The normalized spacial score (nSPS) is 17.5. The highest BCUT2D eigenvalue weighted by molar-refractivity contribution is 9.10. The third-order valence-corrected chi connectivity index (χ3v) is 4.51. The summed E-state index contributed by atoms with van der Waals surface area (Å²) < 4.78 is 14.4. The summed E-state index contributed by atoms with van der Waals surface area (Å²) in [4.78, 5) is 14.8. The van der Waals surface area contributed by atoms with Crippen LogP contribution in [0.1, 0.15) is 43.5 Å². The monoisotopic (exact) mass is 327 g/mol. The minimum atomic E-state index is -0.651. The Bertz CT molecular complexity index is 481. The summed E-state index contributed by atoms with van der Waals surface area (Å²) in [5.41, 5.74) is -0.479. The predicted molar refractivity (Wildman–Crippen MR) is 77.9 cm³/mol. The summed E-state index contributed by atoms with van der Waals surface area (Å²) in [5.74, 6) is -0.606. The molecular weight excluding hydrogens is 309 g/mol. The molecule has 1 aliphatic rings. The van der Waals surface area contributed by atoms with Crippen molar-refractivity contribution in [3.63, 3.8) is 0 Å². The van der Waals surface area contributed by atoms with Crippen molar-refractivity contribution in [1.82, 2.24) is 4.90 Å². The SMILES string of the molecule is CC(C)(C(=O)c1cccc(Br)c1F)N1CCCCC1. The lowest BCUT2D eigenvalue weighted by molar-refractivity contribution is 0.0575. The van der Waals surface area contributed by atoms with E-state index in [2.05, 4.69) is 20.8 Å². The van der Waals surface area contributed by atoms with Crippen molar-refractivity contribution >= 4 is 21.7 Å². The van der Waals surface area contributed by atoms with Crippen molar-refractivity contribution in [3.05, 3.63) is 34.1 Å². The number of rotatable bonds is 3. The molecular formula is C15H19BrFNO. The van der Waals surface area contributed by atoms with Crippen LogP contribution in [0.4, 0.5) is 4.39 Å². The first-order chi connectivity index (χ1) is 8.94. The van der Waals surface area contributed by atoms with Gasteiger partial charge in [0.05, 0.1) is 15.6 Å². The second-order valence-corrected chi connectivity index (χ2v) is 6.39. The molecule has 2 rings (SSSR count). The minimum Gasteiger partial charge on any atom is -0.292 e. The highest BCUT2D eigenvalue weighted by Crippen LogP contribution is 2.27. The van der Waals surface area contributed by atoms with Gasteiger partial charge < -0.3 is 0 Å². The molecule has 0 aliphatic carbocycles. The molecule has 104 valence electrons. The highest BCUT2D eigenvalue weighted by Gasteiger charge is 2.37. The van der Waals surface area contributed by atoms with E-state index in [9.17, 15) is 9.18 Å². The molecule has 1 aromatic carbocycles. The number of likely N-dealkylation sites (tertiary alicyclic amines) is 1. The van der Waals surface area contributed by atoms with Gasteiger partial charge in [0, 0.05) is 0 Å². The van der Waals surface area contributed by atoms with Gasteiger partial charge in [0.1, 0.15) is 5.82 Å². The Hall–Kier alpha value is -0.740. The number of ketones is 1. The molecule has 0 saturated carbocycles. The Balaban J connectivity index is 2.29. The molecule has 1 fully saturated rings. The zero-order valence-corrected chi connectivity index (χ0v) is 13.0. The van der Waals surface area contributed by atoms with E-state index < -0.39 is 11.4 Å². The van der Waals surface area contributed by atoms with E-state index in [1.807, 2.05) is 13.8 Å². The molecule has 0 N–H and O–H groups in total. The third-order valence-electron chi connectivity index (χ3n) is 3.90. The summed E-state index contributed by atoms with van der Waals surface area (Å²) in [5, 5.41) is 0. The molecule has 2 nitrogen and oxygen atoms in total. The Morgan fingerprint density at radius 3 is 2.53 bits per heavy atom. The van der Waals surface area contributed by atoms with E-state index >= 15 is 0 Å². The van der Waals surface area contributed by atoms with E-state index in [-0.39, 0.29) is 11.3 Å². The standard InChI is InChI=1S/C15H19BrFNO/c1-15(2,18-9-4-3-5-10-18)14(19)11-7-6-8-12(16)13(11)17/h6-8H,3-5,9-10H2,1-2H3. The van der Waals surface area contributed by atoms with Gasteiger partial charge in [-0.05, 0) is 67.8 Å². The van der Waals surface area contributed by atoms with Crippen LogP contribution in [0.25, 0.3) is 0 Å². The van der Waals surface area contributed by atoms with Gasteiger partial charge in [0.15, 0.2) is 5.78 Å². The first-order valence-electron chi connectivity index (χ1n) is 6.68. The van der Waals surface area contributed by atoms with E-state index in [0.29, 0.717) is 4.47 Å². The second-order valence-electron chi connectivity index (χ2n) is 5.54. The Kier molecular flexibility index (Phi) is 4.41. The maximum absolute atomic E-state index is 14.1. The van der Waals surface area contributed by atoms with Gasteiger partial charge in [-0.2, -0.15) is 0 Å². The molecule has 1 aliphatic heterocycles. The van der Waals surface area contributed by atoms with Crippen LogP contribution in [0.15, 0.2) is 22.7 Å². The van der Waals surface area contributed by atoms with Crippen molar-refractivity contribution in [2.45, 2.75) is 38.6 Å². The predicted octanol–water partition coefficient (Wildman–Crippen LogP) is 4.04. The fourth-order valence-electron chi connectivity index (χ4n) is 2.61. The molecule has 1 saturated heterocycles. The first-order valence-corrected chi connectivity index (χ1v) is 7.48. The summed E-state index contributed by atoms with van der Waals surface area (Å²) in [6.07, 6.45) is 3.43. The van der Waals surface area contributed by atoms with E-state index in [4.69, 9.17) is 0 Å². The summed E-state index contributed by atoms with van der Waals surface area (Å²) >= 11 is 3.14. The van der Waals surface area contributed by atoms with Crippen LogP contribution in [0.5, 0.6) is 0 Å². The van der Waals surface area contributed by atoms with Crippen LogP contribution in [0.2, 0.25) is 0 Å². The summed E-state index contributed by atoms with van der Waals surface area (Å²) in [6, 6.07) is 4.88. The Labute approximate surface area is 122 Å². The van der Waals surface area contributed by atoms with Gasteiger partial charge in [-0.25, -0.2) is 4.39 Å². The third kappa shape index (κ3) is 2.90. The largest absolute Gasteiger partial charge is 0.292 e. The van der Waals surface area contributed by atoms with E-state index in [0.717, 1.165) is 25.9 Å². The van der Waals surface area contributed by atoms with Crippen molar-refractivity contribution in [2.75, 3.05) is 13.1 Å². The fraction of sp³-hybridized carbons (Fsp3) is 0.533. The van der Waals surface area contributed by atoms with Crippen LogP contribution in [0, 0.1) is 5.82 Å². The van der Waals surface area contributed by atoms with Crippen LogP contribution in [-0.2, 0) is 0 Å². The molecule has 0 amide bonds. The Morgan fingerprint density at radius 1 is 1.26 bits per heavy atom. The zero-order chi connectivity index (χ0) is 14.0. The van der Waals surface area contributed by atoms with Crippen molar-refractivity contribution in [3.8, 4) is 0 Å². The molecule has 4 heteroatoms. The second kappa shape index (κ2) is 5.71. The molecule has 0 spiro atoms. The number of halogens is 2. The Morgan fingerprint density at radius 2 is 1.89 bits per heavy atom. The van der Waals surface area contributed by atoms with Gasteiger partial charge in [-0.1, -0.05) is 12.5 Å². The maximum Gasteiger partial charge on any atom is 0.185 e. The van der Waals surface area contributed by atoms with Gasteiger partial charge >= 0.3 is 0 Å². The molecule has 0 aromatic heterocycles. The van der Waals surface area contributed by atoms with Crippen LogP contribution in [0.3, 0.4) is 0 Å². The molecule has 0 atom stereocenters. The summed E-state index contributed by atoms with van der Waals surface area (Å²) in [6.45, 7) is 5.60. The van der Waals surface area contributed by atoms with Gasteiger partial charge in [-0.15, -0.1) is 0 Å². The molecule has 0 unspecified atom stereocenters. The van der Waals surface area contributed by atoms with Gasteiger partial charge in [-0.3, -0.25) is 9.69 Å². The van der Waals surface area contributed by atoms with Crippen molar-refractivity contribution in [2.24, 2.45) is 0 Å². The lowest BCUT2D eigenvalue weighted by atomic mass is 9.89. The lowest BCUT2D eigenvalue weighted by Gasteiger charge is -2.39. The van der Waals surface area contributed by atoms with E-state index in [1.165, 1.54) is 6.42 Å². The average molecular weight is 328 g/mol. The van der Waals surface area contributed by atoms with Gasteiger partial charge in [0.2, 0.25) is 0 Å². The van der Waals surface area contributed by atoms with Crippen LogP contribution in [-0.4, -0.2) is 29.3 Å². The molecule has 1 heterocycles. The number of nitrogens with zero attached hydrogens (tertiary/aromatic N) is 1. The van der Waals surface area contributed by atoms with Crippen molar-refractivity contribution < 1.29 is 9.18 Å². The van der Waals surface area contributed by atoms with Crippen molar-refractivity contribution in [1.29, 1.82) is 0 Å². The van der Waals surface area contributed by atoms with Crippen LogP contribution < -0.4 is 0 Å². The number of Topliss-reactive ketones (excluding diaryl/α,β-unsaturated/α-hetero) is 1. The lowest BCUT2D eigenvalue weighted by Crippen LogP contribution is -2.52. The average Bonchev–Trinajstić information content (AvgIpc) is 2.42. The highest BCUT2D eigenvalue weighted by atomic mass is 79.9. The fourth-order valence-corrected chi connectivity index (χ4v) is 2.97. The number of carbonyl (C=O) groups is 1. The molecule has 0 bridgehead atoms. The maximum atomic E-state index is 14.1. The molecule has 1 aromatic rings. The number of benzene rings is 1. The smallest absolute Gasteiger partial charge is 0.185 e. The number of hydrogen-bond acceptors (Lipinski definition) is 2. The number of carbonyl (C=O) groups excluding carboxylic acids is 1. The molecule has 19 heavy (non-hydrogen) atoms. The number of piperidine rings is 1. The zero-order valence-electron chi connectivity index (χ0n) is 11.4. The number of hydrogen-bond donors (Lipinski definition) is 0. The first kappa shape index (κ1) is 14.7. The summed E-state index contributed by atoms with van der Waals surface area (Å²) in [7, 11) is 0. The van der Waals surface area contributed by atoms with Gasteiger partial charge in [0.25, 0.3) is 0 Å².